The second kappa shape index (κ2) is 4.12. The molecule has 2 atom stereocenters. The fourth-order valence-corrected chi connectivity index (χ4v) is 3.33. The highest BCUT2D eigenvalue weighted by atomic mass is 16.2. The summed E-state index contributed by atoms with van der Waals surface area (Å²) in [7, 11) is 0. The first kappa shape index (κ1) is 10.9. The molecule has 0 radical (unpaired) electrons. The second-order valence-electron chi connectivity index (χ2n) is 5.10. The highest BCUT2D eigenvalue weighted by Gasteiger charge is 2.45. The van der Waals surface area contributed by atoms with Crippen LogP contribution < -0.4 is 5.73 Å². The first-order chi connectivity index (χ1) is 7.20. The normalized spacial score (nSPS) is 37.3. The fourth-order valence-electron chi connectivity index (χ4n) is 3.33. The van der Waals surface area contributed by atoms with Crippen LogP contribution in [0.25, 0.3) is 0 Å². The quantitative estimate of drug-likeness (QED) is 0.751. The molecule has 2 rings (SSSR count). The Hall–Kier alpha value is -0.570. The third-order valence-electron chi connectivity index (χ3n) is 4.38. The molecule has 86 valence electrons. The zero-order valence-electron chi connectivity index (χ0n) is 9.67. The number of nitrogens with two attached hydrogens (primary N) is 1. The number of rotatable bonds is 2. The Morgan fingerprint density at radius 1 is 1.47 bits per heavy atom. The molecule has 3 nitrogen and oxygen atoms in total. The first-order valence-corrected chi connectivity index (χ1v) is 6.21. The largest absolute Gasteiger partial charge is 0.335 e. The molecule has 2 fully saturated rings. The van der Waals surface area contributed by atoms with Crippen molar-refractivity contribution in [1.82, 2.24) is 4.90 Å². The van der Waals surface area contributed by atoms with E-state index in [0.717, 1.165) is 25.8 Å². The highest BCUT2D eigenvalue weighted by molar-refractivity contribution is 5.79. The predicted molar refractivity (Wildman–Crippen MR) is 60.4 cm³/mol. The average Bonchev–Trinajstić information content (AvgIpc) is 2.66. The maximum atomic E-state index is 11.9. The van der Waals surface area contributed by atoms with Crippen LogP contribution in [0.2, 0.25) is 0 Å². The summed E-state index contributed by atoms with van der Waals surface area (Å²) in [5.41, 5.74) is 5.97. The SMILES string of the molecule is CC1CCCCC1(CN)N1CCCC1=O. The zero-order chi connectivity index (χ0) is 10.9. The van der Waals surface area contributed by atoms with Crippen molar-refractivity contribution in [3.63, 3.8) is 0 Å². The van der Waals surface area contributed by atoms with Crippen LogP contribution in [0.3, 0.4) is 0 Å². The third kappa shape index (κ3) is 1.67. The van der Waals surface area contributed by atoms with Crippen molar-refractivity contribution in [2.45, 2.75) is 51.0 Å². The lowest BCUT2D eigenvalue weighted by Gasteiger charge is -2.48. The molecule has 15 heavy (non-hydrogen) atoms. The summed E-state index contributed by atoms with van der Waals surface area (Å²) in [6.45, 7) is 3.83. The van der Waals surface area contributed by atoms with Gasteiger partial charge in [-0.05, 0) is 25.2 Å². The van der Waals surface area contributed by atoms with Gasteiger partial charge < -0.3 is 10.6 Å². The fraction of sp³-hybridized carbons (Fsp3) is 0.917. The molecule has 1 amide bonds. The molecule has 2 aliphatic rings. The molecule has 1 saturated heterocycles. The van der Waals surface area contributed by atoms with Crippen LogP contribution in [-0.2, 0) is 4.79 Å². The van der Waals surface area contributed by atoms with Crippen LogP contribution in [0, 0.1) is 5.92 Å². The Morgan fingerprint density at radius 3 is 2.80 bits per heavy atom. The Balaban J connectivity index is 2.22. The van der Waals surface area contributed by atoms with E-state index in [2.05, 4.69) is 11.8 Å². The Morgan fingerprint density at radius 2 is 2.27 bits per heavy atom. The molecule has 1 aliphatic carbocycles. The summed E-state index contributed by atoms with van der Waals surface area (Å²) < 4.78 is 0. The van der Waals surface area contributed by atoms with Crippen LogP contribution in [0.15, 0.2) is 0 Å². The number of hydrogen-bond acceptors (Lipinski definition) is 2. The van der Waals surface area contributed by atoms with Gasteiger partial charge in [0, 0.05) is 19.5 Å². The lowest BCUT2D eigenvalue weighted by molar-refractivity contribution is -0.136. The van der Waals surface area contributed by atoms with Gasteiger partial charge in [0.2, 0.25) is 5.91 Å². The summed E-state index contributed by atoms with van der Waals surface area (Å²) >= 11 is 0. The summed E-state index contributed by atoms with van der Waals surface area (Å²) in [5, 5.41) is 0. The molecule has 2 unspecified atom stereocenters. The maximum Gasteiger partial charge on any atom is 0.223 e. The topological polar surface area (TPSA) is 46.3 Å². The molecular weight excluding hydrogens is 188 g/mol. The predicted octanol–water partition coefficient (Wildman–Crippen LogP) is 1.52. The lowest BCUT2D eigenvalue weighted by atomic mass is 9.72. The number of likely N-dealkylation sites (tertiary alicyclic amines) is 1. The highest BCUT2D eigenvalue weighted by Crippen LogP contribution is 2.39. The van der Waals surface area contributed by atoms with Crippen molar-refractivity contribution in [1.29, 1.82) is 0 Å². The zero-order valence-corrected chi connectivity index (χ0v) is 9.67. The Labute approximate surface area is 92.0 Å². The van der Waals surface area contributed by atoms with Crippen LogP contribution >= 0.6 is 0 Å². The van der Waals surface area contributed by atoms with E-state index < -0.39 is 0 Å². The molecule has 0 aromatic rings. The summed E-state index contributed by atoms with van der Waals surface area (Å²) in [6, 6.07) is 0. The van der Waals surface area contributed by atoms with Gasteiger partial charge in [0.1, 0.15) is 0 Å². The summed E-state index contributed by atoms with van der Waals surface area (Å²) in [5.74, 6) is 0.896. The molecule has 2 N–H and O–H groups in total. The molecule has 0 aromatic carbocycles. The number of carbonyl (C=O) groups is 1. The Kier molecular flexibility index (Phi) is 3.01. The number of amides is 1. The first-order valence-electron chi connectivity index (χ1n) is 6.21. The maximum absolute atomic E-state index is 11.9. The molecular formula is C12H22N2O. The van der Waals surface area contributed by atoms with Crippen LogP contribution in [0.4, 0.5) is 0 Å². The minimum atomic E-state index is -0.00810. The van der Waals surface area contributed by atoms with E-state index in [-0.39, 0.29) is 5.54 Å². The van der Waals surface area contributed by atoms with Gasteiger partial charge in [-0.25, -0.2) is 0 Å². The molecule has 1 saturated carbocycles. The monoisotopic (exact) mass is 210 g/mol. The smallest absolute Gasteiger partial charge is 0.223 e. The van der Waals surface area contributed by atoms with Crippen LogP contribution in [-0.4, -0.2) is 29.4 Å². The van der Waals surface area contributed by atoms with Crippen LogP contribution in [0.1, 0.15) is 45.4 Å². The van der Waals surface area contributed by atoms with Gasteiger partial charge >= 0.3 is 0 Å². The van der Waals surface area contributed by atoms with Crippen LogP contribution in [0.5, 0.6) is 0 Å². The molecule has 1 aliphatic heterocycles. The van der Waals surface area contributed by atoms with Crippen molar-refractivity contribution < 1.29 is 4.79 Å². The molecule has 0 bridgehead atoms. The van der Waals surface area contributed by atoms with Crippen molar-refractivity contribution in [3.05, 3.63) is 0 Å². The average molecular weight is 210 g/mol. The molecule has 0 aromatic heterocycles. The van der Waals surface area contributed by atoms with E-state index in [0.29, 0.717) is 18.4 Å². The molecule has 3 heteroatoms. The number of nitrogens with zero attached hydrogens (tertiary/aromatic N) is 1. The third-order valence-corrected chi connectivity index (χ3v) is 4.38. The van der Waals surface area contributed by atoms with Crippen molar-refractivity contribution in [2.24, 2.45) is 11.7 Å². The van der Waals surface area contributed by atoms with E-state index in [1.54, 1.807) is 0 Å². The summed E-state index contributed by atoms with van der Waals surface area (Å²) in [4.78, 5) is 13.9. The van der Waals surface area contributed by atoms with E-state index >= 15 is 0 Å². The van der Waals surface area contributed by atoms with Gasteiger partial charge in [-0.3, -0.25) is 4.79 Å². The van der Waals surface area contributed by atoms with Gasteiger partial charge in [0.05, 0.1) is 5.54 Å². The van der Waals surface area contributed by atoms with Crippen molar-refractivity contribution in [2.75, 3.05) is 13.1 Å². The van der Waals surface area contributed by atoms with Crippen molar-refractivity contribution in [3.8, 4) is 0 Å². The Bertz CT molecular complexity index is 254. The standard InChI is InChI=1S/C12H22N2O/c1-10-5-2-3-7-12(10,9-13)14-8-4-6-11(14)15/h10H,2-9,13H2,1H3. The second-order valence-corrected chi connectivity index (χ2v) is 5.10. The van der Waals surface area contributed by atoms with E-state index in [9.17, 15) is 4.79 Å². The van der Waals surface area contributed by atoms with Gasteiger partial charge in [-0.15, -0.1) is 0 Å². The number of hydrogen-bond donors (Lipinski definition) is 1. The minimum absolute atomic E-state index is 0.00810. The van der Waals surface area contributed by atoms with Gasteiger partial charge in [0.25, 0.3) is 0 Å². The number of carbonyl (C=O) groups excluding carboxylic acids is 1. The summed E-state index contributed by atoms with van der Waals surface area (Å²) in [6.07, 6.45) is 6.61. The van der Waals surface area contributed by atoms with E-state index in [4.69, 9.17) is 5.73 Å². The van der Waals surface area contributed by atoms with E-state index in [1.165, 1.54) is 19.3 Å². The molecule has 0 spiro atoms. The van der Waals surface area contributed by atoms with Gasteiger partial charge in [-0.1, -0.05) is 19.8 Å². The molecule has 1 heterocycles. The van der Waals surface area contributed by atoms with Gasteiger partial charge in [-0.2, -0.15) is 0 Å². The van der Waals surface area contributed by atoms with Gasteiger partial charge in [0.15, 0.2) is 0 Å². The van der Waals surface area contributed by atoms with E-state index in [1.807, 2.05) is 0 Å². The lowest BCUT2D eigenvalue weighted by Crippen LogP contribution is -2.59. The minimum Gasteiger partial charge on any atom is -0.335 e. The van der Waals surface area contributed by atoms with Crippen molar-refractivity contribution >= 4 is 5.91 Å².